The van der Waals surface area contributed by atoms with Crippen molar-refractivity contribution < 1.29 is 22.8 Å². The monoisotopic (exact) mass is 519 g/mol. The first-order valence-corrected chi connectivity index (χ1v) is 12.8. The molecule has 0 bridgehead atoms. The molecule has 2 heterocycles. The molecule has 1 aliphatic carbocycles. The van der Waals surface area contributed by atoms with Gasteiger partial charge in [0.1, 0.15) is 24.1 Å². The van der Waals surface area contributed by atoms with E-state index in [1.54, 1.807) is 18.2 Å². The summed E-state index contributed by atoms with van der Waals surface area (Å²) in [5.41, 5.74) is 5.98. The highest BCUT2D eigenvalue weighted by Gasteiger charge is 2.34. The van der Waals surface area contributed by atoms with Crippen molar-refractivity contribution in [1.29, 1.82) is 0 Å². The number of rotatable bonds is 9. The normalized spacial score (nSPS) is 13.4. The summed E-state index contributed by atoms with van der Waals surface area (Å²) in [5.74, 6) is -1.36. The summed E-state index contributed by atoms with van der Waals surface area (Å²) in [7, 11) is -3.55. The van der Waals surface area contributed by atoms with E-state index in [2.05, 4.69) is 20.1 Å². The van der Waals surface area contributed by atoms with Crippen LogP contribution in [0.2, 0.25) is 5.15 Å². The third-order valence-electron chi connectivity index (χ3n) is 5.18. The van der Waals surface area contributed by atoms with Gasteiger partial charge in [-0.3, -0.25) is 23.8 Å². The number of nitrogens with zero attached hydrogens (tertiary/aromatic N) is 4. The summed E-state index contributed by atoms with van der Waals surface area (Å²) < 4.78 is 26.7. The first-order valence-electron chi connectivity index (χ1n) is 10.5. The summed E-state index contributed by atoms with van der Waals surface area (Å²) in [4.78, 5) is 43.1. The number of benzene rings is 1. The number of hydrogen-bond donors (Lipinski definition) is 3. The van der Waals surface area contributed by atoms with Gasteiger partial charge in [-0.2, -0.15) is 5.10 Å². The van der Waals surface area contributed by atoms with Gasteiger partial charge in [0, 0.05) is 17.1 Å². The fourth-order valence-corrected chi connectivity index (χ4v) is 4.32. The molecule has 35 heavy (non-hydrogen) atoms. The van der Waals surface area contributed by atoms with Gasteiger partial charge in [0.25, 0.3) is 5.91 Å². The topological polar surface area (TPSA) is 169 Å². The lowest BCUT2D eigenvalue weighted by atomic mass is 10.2. The number of hydrogen-bond acceptors (Lipinski definition) is 7. The summed E-state index contributed by atoms with van der Waals surface area (Å²) in [6.07, 6.45) is 2.53. The minimum absolute atomic E-state index is 0.0800. The Bertz CT molecular complexity index is 1440. The molecule has 4 N–H and O–H groups in total. The molecule has 12 nitrogen and oxygen atoms in total. The van der Waals surface area contributed by atoms with Crippen molar-refractivity contribution in [3.05, 3.63) is 47.2 Å². The van der Waals surface area contributed by atoms with Crippen molar-refractivity contribution >= 4 is 61.8 Å². The highest BCUT2D eigenvalue weighted by molar-refractivity contribution is 7.92. The third-order valence-corrected chi connectivity index (χ3v) is 5.99. The van der Waals surface area contributed by atoms with Crippen molar-refractivity contribution in [2.24, 2.45) is 5.73 Å². The van der Waals surface area contributed by atoms with Crippen molar-refractivity contribution in [2.45, 2.75) is 25.4 Å². The van der Waals surface area contributed by atoms with Gasteiger partial charge in [-0.05, 0) is 43.2 Å². The molecule has 1 saturated carbocycles. The number of anilines is 2. The molecular weight excluding hydrogens is 498 g/mol. The Hall–Kier alpha value is -3.71. The average Bonchev–Trinajstić information content (AvgIpc) is 3.53. The Morgan fingerprint density at radius 1 is 1.23 bits per heavy atom. The highest BCUT2D eigenvalue weighted by atomic mass is 35.5. The Balaban J connectivity index is 1.55. The van der Waals surface area contributed by atoms with Crippen LogP contribution in [0.5, 0.6) is 0 Å². The van der Waals surface area contributed by atoms with Gasteiger partial charge in [-0.25, -0.2) is 13.4 Å². The van der Waals surface area contributed by atoms with E-state index in [0.29, 0.717) is 10.9 Å². The molecule has 14 heteroatoms. The highest BCUT2D eigenvalue weighted by Crippen LogP contribution is 2.28. The van der Waals surface area contributed by atoms with E-state index < -0.39 is 21.8 Å². The van der Waals surface area contributed by atoms with Gasteiger partial charge in [0.15, 0.2) is 5.69 Å². The van der Waals surface area contributed by atoms with Crippen LogP contribution in [0.1, 0.15) is 23.3 Å². The number of carbonyl (C=O) groups excluding carboxylic acids is 3. The van der Waals surface area contributed by atoms with Crippen LogP contribution < -0.4 is 15.8 Å². The predicted octanol–water partition coefficient (Wildman–Crippen LogP) is 1.18. The van der Waals surface area contributed by atoms with Gasteiger partial charge in [0.05, 0.1) is 11.8 Å². The number of sulfonamides is 1. The zero-order valence-corrected chi connectivity index (χ0v) is 20.1. The second kappa shape index (κ2) is 9.50. The van der Waals surface area contributed by atoms with Crippen LogP contribution in [0, 0.1) is 0 Å². The van der Waals surface area contributed by atoms with E-state index in [-0.39, 0.29) is 47.4 Å². The van der Waals surface area contributed by atoms with Crippen molar-refractivity contribution in [2.75, 3.05) is 22.8 Å². The second-order valence-corrected chi connectivity index (χ2v) is 10.3. The molecule has 1 aliphatic rings. The molecule has 0 radical (unpaired) electrons. The fourth-order valence-electron chi connectivity index (χ4n) is 3.60. The molecule has 184 valence electrons. The van der Waals surface area contributed by atoms with Gasteiger partial charge >= 0.3 is 0 Å². The summed E-state index contributed by atoms with van der Waals surface area (Å²) in [5, 5.41) is 7.32. The molecule has 1 aromatic carbocycles. The Kier molecular flexibility index (Phi) is 6.63. The molecule has 3 aromatic rings. The maximum atomic E-state index is 13.2. The van der Waals surface area contributed by atoms with Crippen LogP contribution >= 0.6 is 11.6 Å². The van der Waals surface area contributed by atoms with Gasteiger partial charge in [-0.15, -0.1) is 0 Å². The SMILES string of the molecule is CS(=O)(=O)Nc1ccc2c(c1)c(C(N)=O)nn2CC(=O)N(CC(=O)Nc1cccc(Cl)n1)C1CC1. The zero-order valence-electron chi connectivity index (χ0n) is 18.6. The summed E-state index contributed by atoms with van der Waals surface area (Å²) in [6.45, 7) is -0.441. The van der Waals surface area contributed by atoms with Crippen LogP contribution in [-0.4, -0.2) is 64.6 Å². The number of nitrogens with one attached hydrogen (secondary N) is 2. The number of fused-ring (bicyclic) bond motifs is 1. The first kappa shape index (κ1) is 24.4. The second-order valence-electron chi connectivity index (χ2n) is 8.12. The molecule has 4 rings (SSSR count). The Morgan fingerprint density at radius 3 is 2.60 bits per heavy atom. The van der Waals surface area contributed by atoms with Crippen molar-refractivity contribution in [3.63, 3.8) is 0 Å². The van der Waals surface area contributed by atoms with Gasteiger partial charge < -0.3 is 16.0 Å². The first-order chi connectivity index (χ1) is 16.5. The average molecular weight is 520 g/mol. The Morgan fingerprint density at radius 2 is 1.97 bits per heavy atom. The number of carbonyl (C=O) groups is 3. The molecule has 0 spiro atoms. The van der Waals surface area contributed by atoms with Crippen LogP contribution in [0.15, 0.2) is 36.4 Å². The third kappa shape index (κ3) is 6.05. The van der Waals surface area contributed by atoms with Crippen LogP contribution in [0.4, 0.5) is 11.5 Å². The number of amides is 3. The molecule has 3 amide bonds. The maximum absolute atomic E-state index is 13.2. The summed E-state index contributed by atoms with van der Waals surface area (Å²) in [6, 6.07) is 9.17. The van der Waals surface area contributed by atoms with Gasteiger partial charge in [0.2, 0.25) is 21.8 Å². The van der Waals surface area contributed by atoms with E-state index in [4.69, 9.17) is 17.3 Å². The lowest BCUT2D eigenvalue weighted by Gasteiger charge is -2.22. The number of halogens is 1. The van der Waals surface area contributed by atoms with E-state index >= 15 is 0 Å². The fraction of sp³-hybridized carbons (Fsp3) is 0.286. The molecule has 2 aromatic heterocycles. The number of pyridine rings is 1. The van der Waals surface area contributed by atoms with E-state index in [1.165, 1.54) is 27.8 Å². The number of nitrogens with two attached hydrogens (primary N) is 1. The molecule has 0 saturated heterocycles. The van der Waals surface area contributed by atoms with Crippen LogP contribution in [-0.2, 0) is 26.2 Å². The van der Waals surface area contributed by atoms with Crippen LogP contribution in [0.3, 0.4) is 0 Å². The van der Waals surface area contributed by atoms with E-state index in [1.807, 2.05) is 0 Å². The number of primary amides is 1. The minimum Gasteiger partial charge on any atom is -0.364 e. The predicted molar refractivity (Wildman–Crippen MR) is 129 cm³/mol. The van der Waals surface area contributed by atoms with Gasteiger partial charge in [-0.1, -0.05) is 17.7 Å². The van der Waals surface area contributed by atoms with Crippen molar-refractivity contribution in [3.8, 4) is 0 Å². The smallest absolute Gasteiger partial charge is 0.269 e. The Labute approximate surface area is 205 Å². The molecule has 1 fully saturated rings. The molecule has 0 unspecified atom stereocenters. The molecule has 0 aliphatic heterocycles. The lowest BCUT2D eigenvalue weighted by molar-refractivity contribution is -0.135. The largest absolute Gasteiger partial charge is 0.364 e. The summed E-state index contributed by atoms with van der Waals surface area (Å²) >= 11 is 5.85. The molecular formula is C21H22ClN7O5S. The number of aromatic nitrogens is 3. The van der Waals surface area contributed by atoms with E-state index in [9.17, 15) is 22.8 Å². The lowest BCUT2D eigenvalue weighted by Crippen LogP contribution is -2.41. The maximum Gasteiger partial charge on any atom is 0.269 e. The minimum atomic E-state index is -3.55. The zero-order chi connectivity index (χ0) is 25.3. The van der Waals surface area contributed by atoms with Crippen LogP contribution in [0.25, 0.3) is 10.9 Å². The van der Waals surface area contributed by atoms with E-state index in [0.717, 1.165) is 19.1 Å². The quantitative estimate of drug-likeness (QED) is 0.356. The molecule has 0 atom stereocenters. The van der Waals surface area contributed by atoms with Crippen molar-refractivity contribution in [1.82, 2.24) is 19.7 Å². The standard InChI is InChI=1S/C21H22ClN7O5S/c1-35(33,34)27-12-5-8-15-14(9-12)20(21(23)32)26-29(15)11-19(31)28(13-6-7-13)10-18(30)25-17-4-2-3-16(22)24-17/h2-5,8-9,13,27H,6-7,10-11H2,1H3,(H2,23,32)(H,24,25,30).